The van der Waals surface area contributed by atoms with Gasteiger partial charge in [-0.15, -0.1) is 11.3 Å². The van der Waals surface area contributed by atoms with Crippen molar-refractivity contribution in [1.29, 1.82) is 0 Å². The third-order valence-electron chi connectivity index (χ3n) is 3.04. The highest BCUT2D eigenvalue weighted by Crippen LogP contribution is 2.20. The van der Waals surface area contributed by atoms with Gasteiger partial charge in [0.05, 0.1) is 4.88 Å². The van der Waals surface area contributed by atoms with Crippen molar-refractivity contribution in [3.8, 4) is 0 Å². The summed E-state index contributed by atoms with van der Waals surface area (Å²) in [6.07, 6.45) is 3.64. The first kappa shape index (κ1) is 12.6. The zero-order chi connectivity index (χ0) is 12.3. The number of amides is 1. The number of hydrogen-bond acceptors (Lipinski definition) is 3. The summed E-state index contributed by atoms with van der Waals surface area (Å²) < 4.78 is 0. The molecule has 17 heavy (non-hydrogen) atoms. The monoisotopic (exact) mass is 252 g/mol. The van der Waals surface area contributed by atoms with Gasteiger partial charge in [-0.25, -0.2) is 0 Å². The van der Waals surface area contributed by atoms with Crippen LogP contribution < -0.4 is 10.6 Å². The van der Waals surface area contributed by atoms with Gasteiger partial charge in [0.2, 0.25) is 0 Å². The molecule has 0 unspecified atom stereocenters. The summed E-state index contributed by atoms with van der Waals surface area (Å²) in [4.78, 5) is 13.9. The average Bonchev–Trinajstić information content (AvgIpc) is 3.05. The molecule has 1 aromatic rings. The molecule has 1 saturated carbocycles. The SMILES string of the molecule is Cc1cc(C(=O)NCCCNC2CC2)sc1C. The summed E-state index contributed by atoms with van der Waals surface area (Å²) in [5, 5.41) is 6.40. The topological polar surface area (TPSA) is 41.1 Å². The minimum atomic E-state index is 0.0672. The van der Waals surface area contributed by atoms with Crippen LogP contribution in [-0.4, -0.2) is 25.0 Å². The predicted octanol–water partition coefficient (Wildman–Crippen LogP) is 2.24. The number of carbonyl (C=O) groups excluding carboxylic acids is 1. The van der Waals surface area contributed by atoms with Crippen LogP contribution in [-0.2, 0) is 0 Å². The van der Waals surface area contributed by atoms with Crippen LogP contribution in [0.15, 0.2) is 6.07 Å². The molecule has 1 heterocycles. The lowest BCUT2D eigenvalue weighted by atomic mass is 10.3. The molecule has 2 N–H and O–H groups in total. The summed E-state index contributed by atoms with van der Waals surface area (Å²) in [5.41, 5.74) is 1.20. The number of thiophene rings is 1. The van der Waals surface area contributed by atoms with E-state index in [0.717, 1.165) is 30.4 Å². The first-order valence-electron chi connectivity index (χ1n) is 6.25. The Hall–Kier alpha value is -0.870. The third kappa shape index (κ3) is 3.82. The molecule has 0 aliphatic heterocycles. The molecule has 0 saturated heterocycles. The van der Waals surface area contributed by atoms with Gasteiger partial charge in [0.1, 0.15) is 0 Å². The van der Waals surface area contributed by atoms with E-state index in [9.17, 15) is 4.79 Å². The lowest BCUT2D eigenvalue weighted by Crippen LogP contribution is -2.27. The number of carbonyl (C=O) groups is 1. The Balaban J connectivity index is 1.65. The van der Waals surface area contributed by atoms with Crippen molar-refractivity contribution in [2.75, 3.05) is 13.1 Å². The molecule has 0 aromatic carbocycles. The number of nitrogens with one attached hydrogen (secondary N) is 2. The van der Waals surface area contributed by atoms with E-state index in [1.165, 1.54) is 23.3 Å². The molecule has 2 rings (SSSR count). The van der Waals surface area contributed by atoms with Gasteiger partial charge in [-0.05, 0) is 51.3 Å². The largest absolute Gasteiger partial charge is 0.351 e. The number of rotatable bonds is 6. The molecule has 3 nitrogen and oxygen atoms in total. The van der Waals surface area contributed by atoms with E-state index in [4.69, 9.17) is 0 Å². The quantitative estimate of drug-likeness (QED) is 0.762. The summed E-state index contributed by atoms with van der Waals surface area (Å²) in [6.45, 7) is 5.86. The van der Waals surface area contributed by atoms with Gasteiger partial charge in [-0.3, -0.25) is 4.79 Å². The van der Waals surface area contributed by atoms with Gasteiger partial charge in [0.25, 0.3) is 5.91 Å². The Labute approximate surface area is 107 Å². The highest BCUT2D eigenvalue weighted by atomic mass is 32.1. The molecule has 1 fully saturated rings. The van der Waals surface area contributed by atoms with Gasteiger partial charge in [-0.1, -0.05) is 0 Å². The van der Waals surface area contributed by atoms with E-state index in [1.807, 2.05) is 13.0 Å². The van der Waals surface area contributed by atoms with Gasteiger partial charge < -0.3 is 10.6 Å². The van der Waals surface area contributed by atoms with E-state index in [1.54, 1.807) is 11.3 Å². The molecule has 1 aromatic heterocycles. The molecule has 1 aliphatic carbocycles. The zero-order valence-corrected chi connectivity index (χ0v) is 11.3. The molecular formula is C13H20N2OS. The van der Waals surface area contributed by atoms with Crippen LogP contribution >= 0.6 is 11.3 Å². The minimum absolute atomic E-state index is 0.0672. The van der Waals surface area contributed by atoms with Crippen molar-refractivity contribution in [3.63, 3.8) is 0 Å². The first-order valence-corrected chi connectivity index (χ1v) is 7.07. The van der Waals surface area contributed by atoms with E-state index in [-0.39, 0.29) is 5.91 Å². The molecule has 94 valence electrons. The van der Waals surface area contributed by atoms with E-state index < -0.39 is 0 Å². The first-order chi connectivity index (χ1) is 8.16. The Bertz CT molecular complexity index is 377. The Morgan fingerprint density at radius 3 is 2.76 bits per heavy atom. The Morgan fingerprint density at radius 2 is 2.18 bits per heavy atom. The Kier molecular flexibility index (Phi) is 4.18. The predicted molar refractivity (Wildman–Crippen MR) is 71.8 cm³/mol. The molecule has 0 atom stereocenters. The maximum Gasteiger partial charge on any atom is 0.261 e. The van der Waals surface area contributed by atoms with E-state index in [2.05, 4.69) is 17.6 Å². The fourth-order valence-electron chi connectivity index (χ4n) is 1.66. The lowest BCUT2D eigenvalue weighted by molar-refractivity contribution is 0.0957. The van der Waals surface area contributed by atoms with Crippen LogP contribution in [0.1, 0.15) is 39.4 Å². The van der Waals surface area contributed by atoms with Crippen LogP contribution in [0.4, 0.5) is 0 Å². The van der Waals surface area contributed by atoms with Crippen molar-refractivity contribution < 1.29 is 4.79 Å². The fraction of sp³-hybridized carbons (Fsp3) is 0.615. The van der Waals surface area contributed by atoms with Crippen LogP contribution in [0.5, 0.6) is 0 Å². The molecule has 0 radical (unpaired) electrons. The molecule has 1 amide bonds. The molecular weight excluding hydrogens is 232 g/mol. The smallest absolute Gasteiger partial charge is 0.261 e. The van der Waals surface area contributed by atoms with Crippen molar-refractivity contribution in [1.82, 2.24) is 10.6 Å². The highest BCUT2D eigenvalue weighted by molar-refractivity contribution is 7.14. The van der Waals surface area contributed by atoms with Crippen molar-refractivity contribution >= 4 is 17.2 Å². The second-order valence-corrected chi connectivity index (χ2v) is 5.94. The van der Waals surface area contributed by atoms with E-state index >= 15 is 0 Å². The molecule has 0 spiro atoms. The van der Waals surface area contributed by atoms with Crippen molar-refractivity contribution in [3.05, 3.63) is 21.4 Å². The molecule has 0 bridgehead atoms. The number of aryl methyl sites for hydroxylation is 2. The molecule has 1 aliphatic rings. The summed E-state index contributed by atoms with van der Waals surface area (Å²) in [7, 11) is 0. The summed E-state index contributed by atoms with van der Waals surface area (Å²) in [5.74, 6) is 0.0672. The third-order valence-corrected chi connectivity index (χ3v) is 4.19. The van der Waals surface area contributed by atoms with Gasteiger partial charge in [0.15, 0.2) is 0 Å². The van der Waals surface area contributed by atoms with Gasteiger partial charge in [-0.2, -0.15) is 0 Å². The van der Waals surface area contributed by atoms with Crippen LogP contribution in [0.3, 0.4) is 0 Å². The standard InChI is InChI=1S/C13H20N2OS/c1-9-8-12(17-10(9)2)13(16)15-7-3-6-14-11-4-5-11/h8,11,14H,3-7H2,1-2H3,(H,15,16). The normalized spacial score (nSPS) is 14.9. The van der Waals surface area contributed by atoms with Crippen molar-refractivity contribution in [2.45, 2.75) is 39.2 Å². The van der Waals surface area contributed by atoms with Crippen LogP contribution in [0.25, 0.3) is 0 Å². The van der Waals surface area contributed by atoms with Gasteiger partial charge >= 0.3 is 0 Å². The zero-order valence-electron chi connectivity index (χ0n) is 10.5. The lowest BCUT2D eigenvalue weighted by Gasteiger charge is -2.04. The van der Waals surface area contributed by atoms with Crippen molar-refractivity contribution in [2.24, 2.45) is 0 Å². The maximum atomic E-state index is 11.8. The minimum Gasteiger partial charge on any atom is -0.351 e. The number of hydrogen-bond donors (Lipinski definition) is 2. The average molecular weight is 252 g/mol. The second kappa shape index (κ2) is 5.65. The van der Waals surface area contributed by atoms with E-state index in [0.29, 0.717) is 0 Å². The Morgan fingerprint density at radius 1 is 1.41 bits per heavy atom. The molecule has 4 heteroatoms. The van der Waals surface area contributed by atoms with Crippen LogP contribution in [0.2, 0.25) is 0 Å². The van der Waals surface area contributed by atoms with Gasteiger partial charge in [0, 0.05) is 17.5 Å². The second-order valence-electron chi connectivity index (χ2n) is 4.69. The fourth-order valence-corrected chi connectivity index (χ4v) is 2.61. The summed E-state index contributed by atoms with van der Waals surface area (Å²) >= 11 is 1.57. The highest BCUT2D eigenvalue weighted by Gasteiger charge is 2.19. The summed E-state index contributed by atoms with van der Waals surface area (Å²) in [6, 6.07) is 2.73. The van der Waals surface area contributed by atoms with Crippen LogP contribution in [0, 0.1) is 13.8 Å². The maximum absolute atomic E-state index is 11.8.